The van der Waals surface area contributed by atoms with Crippen LogP contribution < -0.4 is 5.48 Å². The van der Waals surface area contributed by atoms with Gasteiger partial charge in [-0.1, -0.05) is 0 Å². The van der Waals surface area contributed by atoms with Gasteiger partial charge in [-0.2, -0.15) is 0 Å². The number of aliphatic imine (C=N–C) groups is 1. The summed E-state index contributed by atoms with van der Waals surface area (Å²) in [5.41, 5.74) is 4.11. The number of halogens is 1. The zero-order valence-corrected chi connectivity index (χ0v) is 15.4. The number of hydrogen-bond acceptors (Lipinski definition) is 5. The second-order valence-electron chi connectivity index (χ2n) is 5.42. The summed E-state index contributed by atoms with van der Waals surface area (Å²) in [6.45, 7) is -1.49. The monoisotopic (exact) mass is 398 g/mol. The lowest BCUT2D eigenvalue weighted by molar-refractivity contribution is 0.121. The molecular formula is C12H17FN2O6P2S. The quantitative estimate of drug-likeness (QED) is 0.447. The van der Waals surface area contributed by atoms with E-state index in [4.69, 9.17) is 4.84 Å². The van der Waals surface area contributed by atoms with Crippen LogP contribution in [0.3, 0.4) is 0 Å². The van der Waals surface area contributed by atoms with Crippen molar-refractivity contribution in [1.82, 2.24) is 5.48 Å². The van der Waals surface area contributed by atoms with Crippen molar-refractivity contribution in [3.8, 4) is 0 Å². The van der Waals surface area contributed by atoms with Crippen LogP contribution in [-0.2, 0) is 21.2 Å². The predicted octanol–water partition coefficient (Wildman–Crippen LogP) is 1.22. The summed E-state index contributed by atoms with van der Waals surface area (Å²) in [4.78, 5) is 46.5. The van der Waals surface area contributed by atoms with Crippen LogP contribution in [0.15, 0.2) is 39.6 Å². The van der Waals surface area contributed by atoms with Gasteiger partial charge < -0.3 is 24.4 Å². The highest BCUT2D eigenvalue weighted by Crippen LogP contribution is 2.71. The van der Waals surface area contributed by atoms with Gasteiger partial charge >= 0.3 is 12.7 Å². The Balaban J connectivity index is 2.51. The molecule has 0 fully saturated rings. The molecule has 2 heterocycles. The molecule has 0 saturated heterocycles. The second-order valence-corrected chi connectivity index (χ2v) is 10.8. The number of allylic oxidation sites excluding steroid dienone is 2. The Labute approximate surface area is 142 Å². The number of hydrogen-bond donors (Lipinski definition) is 5. The summed E-state index contributed by atoms with van der Waals surface area (Å²) in [6.07, 6.45) is 3.44. The topological polar surface area (TPSA) is 132 Å². The largest absolute Gasteiger partial charge is 0.413 e. The zero-order chi connectivity index (χ0) is 18.3. The van der Waals surface area contributed by atoms with E-state index in [1.807, 2.05) is 6.92 Å². The number of dihydropyridines is 1. The molecule has 2 atom stereocenters. The first-order valence-corrected chi connectivity index (χ1v) is 11.1. The van der Waals surface area contributed by atoms with Crippen molar-refractivity contribution < 1.29 is 33.4 Å². The van der Waals surface area contributed by atoms with Gasteiger partial charge in [0.15, 0.2) is 0 Å². The predicted molar refractivity (Wildman–Crippen MR) is 90.5 cm³/mol. The minimum absolute atomic E-state index is 0.0649. The van der Waals surface area contributed by atoms with E-state index in [9.17, 15) is 28.5 Å². The Morgan fingerprint density at radius 3 is 2.58 bits per heavy atom. The zero-order valence-electron chi connectivity index (χ0n) is 12.7. The highest BCUT2D eigenvalue weighted by Gasteiger charge is 2.57. The summed E-state index contributed by atoms with van der Waals surface area (Å²) < 4.78 is 26.2. The molecule has 2 rings (SSSR count). The molecule has 0 aromatic carbocycles. The fourth-order valence-corrected chi connectivity index (χ4v) is 5.53. The average molecular weight is 398 g/mol. The molecule has 2 aliphatic heterocycles. The molecule has 12 heteroatoms. The Bertz CT molecular complexity index is 744. The van der Waals surface area contributed by atoms with E-state index < -0.39 is 19.2 Å². The smallest absolute Gasteiger partial charge is 0.376 e. The van der Waals surface area contributed by atoms with Gasteiger partial charge in [-0.3, -0.25) is 9.56 Å². The molecule has 0 aliphatic carbocycles. The molecule has 0 spiro atoms. The molecule has 0 amide bonds. The lowest BCUT2D eigenvalue weighted by Gasteiger charge is -2.27. The van der Waals surface area contributed by atoms with Crippen LogP contribution in [-0.4, -0.2) is 43.5 Å². The first-order valence-electron chi connectivity index (χ1n) is 6.74. The molecule has 0 aromatic heterocycles. The standard InChI is InChI=1S/C12H17FN2O6P2S/c1-7-11(8(2)21-15-7)10-3-9(5-14-6-10)4-12(13,22(16,17)18)23(19,20)24/h3-4,6-7,15H,5H2,1-2H3,(H2,16,17,18)(H2,19,20,24). The van der Waals surface area contributed by atoms with Crippen LogP contribution >= 0.6 is 14.1 Å². The van der Waals surface area contributed by atoms with Crippen LogP contribution in [0.25, 0.3) is 0 Å². The molecule has 2 unspecified atom stereocenters. The van der Waals surface area contributed by atoms with E-state index >= 15 is 0 Å². The Hall–Kier alpha value is -0.700. The average Bonchev–Trinajstić information content (AvgIpc) is 2.76. The van der Waals surface area contributed by atoms with Crippen molar-refractivity contribution >= 4 is 32.1 Å². The SMILES string of the molecule is CC1=C(C2=CC(=CC(F)(P(=O)(O)O)P(O)(O)=S)CN=C2)C(C)NO1. The van der Waals surface area contributed by atoms with Crippen LogP contribution in [0.1, 0.15) is 13.8 Å². The molecule has 5 N–H and O–H groups in total. The highest BCUT2D eigenvalue weighted by molar-refractivity contribution is 8.12. The molecule has 2 aliphatic rings. The molecule has 0 saturated carbocycles. The minimum Gasteiger partial charge on any atom is -0.413 e. The maximum Gasteiger partial charge on any atom is 0.376 e. The van der Waals surface area contributed by atoms with Crippen molar-refractivity contribution in [3.05, 3.63) is 34.6 Å². The van der Waals surface area contributed by atoms with Crippen LogP contribution in [0, 0.1) is 0 Å². The van der Waals surface area contributed by atoms with E-state index in [1.54, 1.807) is 6.92 Å². The van der Waals surface area contributed by atoms with Gasteiger partial charge in [0.1, 0.15) is 5.76 Å². The van der Waals surface area contributed by atoms with E-state index in [2.05, 4.69) is 22.3 Å². The fourth-order valence-electron chi connectivity index (χ4n) is 2.39. The van der Waals surface area contributed by atoms with Gasteiger partial charge in [-0.15, -0.1) is 5.48 Å². The third-order valence-corrected chi connectivity index (χ3v) is 8.26. The normalized spacial score (nSPS) is 26.4. The lowest BCUT2D eigenvalue weighted by Crippen LogP contribution is -2.23. The van der Waals surface area contributed by atoms with Crippen molar-refractivity contribution in [2.45, 2.75) is 25.0 Å². The van der Waals surface area contributed by atoms with Gasteiger partial charge in [-0.25, -0.2) is 4.39 Å². The van der Waals surface area contributed by atoms with E-state index in [0.29, 0.717) is 17.4 Å². The summed E-state index contributed by atoms with van der Waals surface area (Å²) in [5.74, 6) is 0.581. The highest BCUT2D eigenvalue weighted by atomic mass is 32.5. The maximum atomic E-state index is 14.7. The van der Waals surface area contributed by atoms with Gasteiger partial charge in [0.2, 0.25) is 6.49 Å². The molecule has 0 bridgehead atoms. The molecular weight excluding hydrogens is 381 g/mol. The van der Waals surface area contributed by atoms with Crippen LogP contribution in [0.2, 0.25) is 0 Å². The first kappa shape index (κ1) is 19.6. The summed E-state index contributed by atoms with van der Waals surface area (Å²) in [7, 11) is -5.57. The van der Waals surface area contributed by atoms with Crippen LogP contribution in [0.4, 0.5) is 4.39 Å². The number of hydroxylamine groups is 1. The van der Waals surface area contributed by atoms with E-state index in [0.717, 1.165) is 5.57 Å². The first-order chi connectivity index (χ1) is 10.9. The molecule has 8 nitrogen and oxygen atoms in total. The Morgan fingerprint density at radius 1 is 1.50 bits per heavy atom. The number of nitrogens with zero attached hydrogens (tertiary/aromatic N) is 1. The van der Waals surface area contributed by atoms with Crippen LogP contribution in [0.5, 0.6) is 0 Å². The maximum absolute atomic E-state index is 14.7. The number of rotatable bonds is 4. The van der Waals surface area contributed by atoms with Gasteiger partial charge in [0, 0.05) is 17.4 Å². The van der Waals surface area contributed by atoms with Gasteiger partial charge in [0.05, 0.1) is 12.6 Å². The van der Waals surface area contributed by atoms with E-state index in [-0.39, 0.29) is 18.2 Å². The summed E-state index contributed by atoms with van der Waals surface area (Å²) in [6, 6.07) is -0.166. The number of nitrogens with one attached hydrogen (secondary N) is 1. The molecule has 0 aromatic rings. The molecule has 0 radical (unpaired) electrons. The van der Waals surface area contributed by atoms with Gasteiger partial charge in [-0.05, 0) is 43.4 Å². The Kier molecular flexibility index (Phi) is 5.36. The minimum atomic E-state index is -5.57. The van der Waals surface area contributed by atoms with Crippen molar-refractivity contribution in [1.29, 1.82) is 0 Å². The number of alkyl halides is 1. The third-order valence-electron chi connectivity index (χ3n) is 3.54. The third kappa shape index (κ3) is 3.61. The van der Waals surface area contributed by atoms with Crippen molar-refractivity contribution in [2.24, 2.45) is 4.99 Å². The fraction of sp³-hybridized carbons (Fsp3) is 0.417. The summed E-state index contributed by atoms with van der Waals surface area (Å²) >= 11 is 4.22. The second kappa shape index (κ2) is 6.55. The molecule has 134 valence electrons. The molecule has 24 heavy (non-hydrogen) atoms. The van der Waals surface area contributed by atoms with Gasteiger partial charge in [0.25, 0.3) is 0 Å². The Morgan fingerprint density at radius 2 is 2.12 bits per heavy atom. The van der Waals surface area contributed by atoms with Crippen molar-refractivity contribution in [3.63, 3.8) is 0 Å². The summed E-state index contributed by atoms with van der Waals surface area (Å²) in [5, 5.41) is -3.74. The lowest BCUT2D eigenvalue weighted by atomic mass is 9.96. The van der Waals surface area contributed by atoms with E-state index in [1.165, 1.54) is 12.3 Å². The van der Waals surface area contributed by atoms with Crippen molar-refractivity contribution in [2.75, 3.05) is 6.54 Å².